The maximum absolute atomic E-state index is 11.4. The summed E-state index contributed by atoms with van der Waals surface area (Å²) in [6, 6.07) is 0. The van der Waals surface area contributed by atoms with Gasteiger partial charge >= 0.3 is 11.9 Å². The largest absolute Gasteiger partial charge is 0.466 e. The molecular weight excluding hydrogens is 250 g/mol. The van der Waals surface area contributed by atoms with Gasteiger partial charge in [0.15, 0.2) is 0 Å². The molecule has 0 aliphatic carbocycles. The average Bonchev–Trinajstić information content (AvgIpc) is 2.43. The van der Waals surface area contributed by atoms with Gasteiger partial charge in [-0.3, -0.25) is 4.90 Å². The molecule has 1 aliphatic heterocycles. The number of morpholine rings is 1. The lowest BCUT2D eigenvalue weighted by molar-refractivity contribution is -0.143. The van der Waals surface area contributed by atoms with Gasteiger partial charge in [-0.1, -0.05) is 0 Å². The van der Waals surface area contributed by atoms with Crippen molar-refractivity contribution >= 4 is 11.9 Å². The summed E-state index contributed by atoms with van der Waals surface area (Å²) in [6.07, 6.45) is 2.12. The van der Waals surface area contributed by atoms with Crippen molar-refractivity contribution in [3.8, 4) is 0 Å². The third kappa shape index (κ3) is 5.40. The molecule has 1 saturated heterocycles. The van der Waals surface area contributed by atoms with Crippen molar-refractivity contribution in [2.24, 2.45) is 0 Å². The third-order valence-electron chi connectivity index (χ3n) is 2.99. The summed E-state index contributed by atoms with van der Waals surface area (Å²) in [5.41, 5.74) is -0.251. The minimum Gasteiger partial charge on any atom is -0.466 e. The van der Waals surface area contributed by atoms with E-state index in [2.05, 4.69) is 9.64 Å². The Labute approximate surface area is 113 Å². The Morgan fingerprint density at radius 3 is 2.37 bits per heavy atom. The van der Waals surface area contributed by atoms with Crippen LogP contribution in [0, 0.1) is 0 Å². The molecule has 0 spiro atoms. The third-order valence-corrected chi connectivity index (χ3v) is 2.99. The number of carbonyl (C=O) groups excluding carboxylic acids is 2. The van der Waals surface area contributed by atoms with E-state index in [0.717, 1.165) is 25.2 Å². The van der Waals surface area contributed by atoms with Gasteiger partial charge in [0.1, 0.15) is 6.61 Å². The van der Waals surface area contributed by atoms with Crippen LogP contribution in [0.3, 0.4) is 0 Å². The zero-order valence-corrected chi connectivity index (χ0v) is 11.7. The number of hydrogen-bond donors (Lipinski definition) is 0. The van der Waals surface area contributed by atoms with Gasteiger partial charge in [-0.25, -0.2) is 9.59 Å². The topological polar surface area (TPSA) is 65.1 Å². The van der Waals surface area contributed by atoms with Crippen LogP contribution >= 0.6 is 0 Å². The molecule has 108 valence electrons. The highest BCUT2D eigenvalue weighted by atomic mass is 16.5. The summed E-state index contributed by atoms with van der Waals surface area (Å²) >= 11 is 0. The summed E-state index contributed by atoms with van der Waals surface area (Å²) in [7, 11) is 1.25. The van der Waals surface area contributed by atoms with E-state index in [9.17, 15) is 9.59 Å². The first-order chi connectivity index (χ1) is 8.95. The van der Waals surface area contributed by atoms with Crippen molar-refractivity contribution in [2.75, 3.05) is 40.0 Å². The first-order valence-electron chi connectivity index (χ1n) is 6.21. The highest BCUT2D eigenvalue weighted by Gasteiger charge is 2.29. The normalized spacial score (nSPS) is 17.4. The second-order valence-electron chi connectivity index (χ2n) is 4.88. The van der Waals surface area contributed by atoms with Crippen LogP contribution in [0.4, 0.5) is 0 Å². The van der Waals surface area contributed by atoms with Crippen LogP contribution in [0.15, 0.2) is 12.2 Å². The van der Waals surface area contributed by atoms with Gasteiger partial charge in [-0.05, 0) is 13.8 Å². The van der Waals surface area contributed by atoms with Crippen LogP contribution in [-0.2, 0) is 23.8 Å². The summed E-state index contributed by atoms with van der Waals surface area (Å²) < 4.78 is 14.8. The van der Waals surface area contributed by atoms with E-state index in [-0.39, 0.29) is 12.1 Å². The van der Waals surface area contributed by atoms with Crippen LogP contribution in [0.25, 0.3) is 0 Å². The molecule has 0 aromatic carbocycles. The number of rotatable bonds is 5. The maximum atomic E-state index is 11.4. The lowest BCUT2D eigenvalue weighted by Gasteiger charge is -2.40. The predicted octanol–water partition coefficient (Wildman–Crippen LogP) is 0.370. The van der Waals surface area contributed by atoms with Crippen molar-refractivity contribution in [1.82, 2.24) is 4.90 Å². The molecule has 0 aromatic heterocycles. The minimum absolute atomic E-state index is 0.251. The second-order valence-corrected chi connectivity index (χ2v) is 4.88. The monoisotopic (exact) mass is 271 g/mol. The number of carbonyl (C=O) groups is 2. The quantitative estimate of drug-likeness (QED) is 0.532. The lowest BCUT2D eigenvalue weighted by atomic mass is 10.0. The summed E-state index contributed by atoms with van der Waals surface area (Å²) in [4.78, 5) is 24.5. The highest BCUT2D eigenvalue weighted by molar-refractivity contribution is 5.91. The van der Waals surface area contributed by atoms with Gasteiger partial charge in [0.25, 0.3) is 0 Å². The van der Waals surface area contributed by atoms with Crippen LogP contribution in [0.5, 0.6) is 0 Å². The number of hydrogen-bond acceptors (Lipinski definition) is 6. The molecule has 0 saturated carbocycles. The Kier molecular flexibility index (Phi) is 5.98. The number of ether oxygens (including phenoxy) is 3. The Bertz CT molecular complexity index is 345. The molecule has 0 atom stereocenters. The van der Waals surface area contributed by atoms with Gasteiger partial charge in [-0.15, -0.1) is 0 Å². The maximum Gasteiger partial charge on any atom is 0.331 e. The SMILES string of the molecule is COC(=O)/C=C/C(=O)OCC(C)(C)N1CCOCC1. The molecule has 6 nitrogen and oxygen atoms in total. The predicted molar refractivity (Wildman–Crippen MR) is 68.6 cm³/mol. The molecule has 1 heterocycles. The van der Waals surface area contributed by atoms with E-state index in [1.165, 1.54) is 7.11 Å². The summed E-state index contributed by atoms with van der Waals surface area (Å²) in [6.45, 7) is 7.31. The number of esters is 2. The molecule has 19 heavy (non-hydrogen) atoms. The van der Waals surface area contributed by atoms with Gasteiger partial charge < -0.3 is 14.2 Å². The van der Waals surface area contributed by atoms with Crippen LogP contribution in [-0.4, -0.2) is 62.4 Å². The molecule has 6 heteroatoms. The fourth-order valence-corrected chi connectivity index (χ4v) is 1.76. The van der Waals surface area contributed by atoms with E-state index in [4.69, 9.17) is 9.47 Å². The van der Waals surface area contributed by atoms with Gasteiger partial charge in [0.2, 0.25) is 0 Å². The smallest absolute Gasteiger partial charge is 0.331 e. The molecule has 1 rings (SSSR count). The van der Waals surface area contributed by atoms with Crippen LogP contribution in [0.2, 0.25) is 0 Å². The standard InChI is InChI=1S/C13H21NO5/c1-13(2,14-6-8-18-9-7-14)10-19-12(16)5-4-11(15)17-3/h4-5H,6-10H2,1-3H3/b5-4+. The van der Waals surface area contributed by atoms with Crippen molar-refractivity contribution in [3.05, 3.63) is 12.2 Å². The van der Waals surface area contributed by atoms with Crippen LogP contribution in [0.1, 0.15) is 13.8 Å². The Morgan fingerprint density at radius 2 is 1.79 bits per heavy atom. The van der Waals surface area contributed by atoms with Crippen molar-refractivity contribution in [1.29, 1.82) is 0 Å². The summed E-state index contributed by atoms with van der Waals surface area (Å²) in [5, 5.41) is 0. The first-order valence-corrected chi connectivity index (χ1v) is 6.21. The van der Waals surface area contributed by atoms with E-state index in [1.54, 1.807) is 0 Å². The van der Waals surface area contributed by atoms with E-state index < -0.39 is 11.9 Å². The fraction of sp³-hybridized carbons (Fsp3) is 0.692. The van der Waals surface area contributed by atoms with Gasteiger partial charge in [0.05, 0.1) is 20.3 Å². The molecule has 0 aromatic rings. The molecule has 1 fully saturated rings. The zero-order chi connectivity index (χ0) is 14.3. The molecule has 1 aliphatic rings. The van der Waals surface area contributed by atoms with Crippen molar-refractivity contribution < 1.29 is 23.8 Å². The van der Waals surface area contributed by atoms with E-state index in [1.807, 2.05) is 13.8 Å². The molecule has 0 N–H and O–H groups in total. The Morgan fingerprint density at radius 1 is 1.21 bits per heavy atom. The van der Waals surface area contributed by atoms with Gasteiger partial charge in [-0.2, -0.15) is 0 Å². The fourth-order valence-electron chi connectivity index (χ4n) is 1.76. The van der Waals surface area contributed by atoms with E-state index >= 15 is 0 Å². The zero-order valence-electron chi connectivity index (χ0n) is 11.7. The minimum atomic E-state index is -0.579. The molecule has 0 amide bonds. The second kappa shape index (κ2) is 7.25. The van der Waals surface area contributed by atoms with Crippen molar-refractivity contribution in [3.63, 3.8) is 0 Å². The average molecular weight is 271 g/mol. The van der Waals surface area contributed by atoms with Crippen LogP contribution < -0.4 is 0 Å². The van der Waals surface area contributed by atoms with Gasteiger partial charge in [0, 0.05) is 30.8 Å². The summed E-state index contributed by atoms with van der Waals surface area (Å²) in [5.74, 6) is -1.13. The highest BCUT2D eigenvalue weighted by Crippen LogP contribution is 2.16. The molecular formula is C13H21NO5. The molecule has 0 radical (unpaired) electrons. The Hall–Kier alpha value is -1.40. The molecule has 0 unspecified atom stereocenters. The van der Waals surface area contributed by atoms with E-state index in [0.29, 0.717) is 13.2 Å². The first kappa shape index (κ1) is 15.7. The number of nitrogens with zero attached hydrogens (tertiary/aromatic N) is 1. The molecule has 0 bridgehead atoms. The Balaban J connectivity index is 2.39. The lowest BCUT2D eigenvalue weighted by Crippen LogP contribution is -2.52. The number of methoxy groups -OCH3 is 1. The van der Waals surface area contributed by atoms with Crippen molar-refractivity contribution in [2.45, 2.75) is 19.4 Å².